The van der Waals surface area contributed by atoms with E-state index in [1.54, 1.807) is 0 Å². The lowest BCUT2D eigenvalue weighted by molar-refractivity contribution is -0.207. The molecule has 0 aliphatic rings. The largest absolute Gasteiger partial charge is 0.369 e. The molecule has 0 rings (SSSR count). The molecule has 0 heterocycles. The highest BCUT2D eigenvalue weighted by Gasteiger charge is 2.12. The number of hydrogen-bond acceptors (Lipinski definition) is 6. The van der Waals surface area contributed by atoms with Gasteiger partial charge in [0.1, 0.15) is 8.58 Å². The van der Waals surface area contributed by atoms with Gasteiger partial charge in [0.25, 0.3) is 0 Å². The van der Waals surface area contributed by atoms with E-state index in [0.717, 1.165) is 14.2 Å². The predicted octanol–water partition coefficient (Wildman–Crippen LogP) is 1.06. The van der Waals surface area contributed by atoms with Crippen LogP contribution >= 0.6 is 8.58 Å². The van der Waals surface area contributed by atoms with Gasteiger partial charge in [-0.3, -0.25) is 9.78 Å². The lowest BCUT2D eigenvalue weighted by Crippen LogP contribution is -2.00. The van der Waals surface area contributed by atoms with E-state index < -0.39 is 20.0 Å². The first-order valence-corrected chi connectivity index (χ1v) is 3.47. The average molecular weight is 182 g/mol. The van der Waals surface area contributed by atoms with Crippen LogP contribution in [0.25, 0.3) is 0 Å². The molecule has 7 heteroatoms. The summed E-state index contributed by atoms with van der Waals surface area (Å²) in [6.45, 7) is 0. The molecule has 0 aromatic rings. The quantitative estimate of drug-likeness (QED) is 0.367. The molecule has 0 aromatic heterocycles. The molecule has 0 radical (unpaired) electrons. The fraction of sp³-hybridized carbons (Fsp3) is 0.500. The summed E-state index contributed by atoms with van der Waals surface area (Å²) in [4.78, 5) is 36.8. The Morgan fingerprint density at radius 1 is 1.00 bits per heavy atom. The van der Waals surface area contributed by atoms with Gasteiger partial charge in [-0.2, -0.15) is 9.78 Å². The normalized spacial score (nSPS) is 8.91. The third-order valence-corrected chi connectivity index (χ3v) is 1.10. The molecular formula is C4H7O6P. The Morgan fingerprint density at radius 2 is 1.36 bits per heavy atom. The Balaban J connectivity index is 3.49. The fourth-order valence-corrected chi connectivity index (χ4v) is 0.693. The van der Waals surface area contributed by atoms with Crippen LogP contribution in [0.2, 0.25) is 0 Å². The Labute approximate surface area is 64.4 Å². The molecule has 0 spiro atoms. The Morgan fingerprint density at radius 3 is 1.64 bits per heavy atom. The average Bonchev–Trinajstić information content (AvgIpc) is 1.87. The zero-order chi connectivity index (χ0) is 8.69. The lowest BCUT2D eigenvalue weighted by Gasteiger charge is -1.97. The van der Waals surface area contributed by atoms with Crippen molar-refractivity contribution < 1.29 is 29.1 Å². The Kier molecular flexibility index (Phi) is 5.64. The van der Waals surface area contributed by atoms with Crippen molar-refractivity contribution in [3.05, 3.63) is 0 Å². The van der Waals surface area contributed by atoms with Gasteiger partial charge in [-0.25, -0.2) is 9.59 Å². The molecule has 0 fully saturated rings. The van der Waals surface area contributed by atoms with Crippen molar-refractivity contribution in [3.8, 4) is 0 Å². The van der Waals surface area contributed by atoms with Crippen LogP contribution in [0, 0.1) is 0 Å². The molecule has 0 unspecified atom stereocenters. The minimum atomic E-state index is -0.811. The van der Waals surface area contributed by atoms with Gasteiger partial charge in [-0.05, 0) is 0 Å². The smallest absolute Gasteiger partial charge is 0.294 e. The first kappa shape index (κ1) is 10.3. The number of carbonyl (C=O) groups is 2. The van der Waals surface area contributed by atoms with E-state index in [0.29, 0.717) is 0 Å². The maximum absolute atomic E-state index is 10.4. The monoisotopic (exact) mass is 182 g/mol. The van der Waals surface area contributed by atoms with Gasteiger partial charge < -0.3 is 0 Å². The van der Waals surface area contributed by atoms with Crippen LogP contribution in [-0.2, 0) is 19.6 Å². The summed E-state index contributed by atoms with van der Waals surface area (Å²) >= 11 is 0. The van der Waals surface area contributed by atoms with E-state index >= 15 is 0 Å². The van der Waals surface area contributed by atoms with Gasteiger partial charge in [-0.15, -0.1) is 0 Å². The van der Waals surface area contributed by atoms with E-state index in [4.69, 9.17) is 0 Å². The third-order valence-electron chi connectivity index (χ3n) is 0.522. The van der Waals surface area contributed by atoms with E-state index in [2.05, 4.69) is 19.6 Å². The first-order valence-electron chi connectivity index (χ1n) is 2.47. The maximum atomic E-state index is 10.4. The van der Waals surface area contributed by atoms with Crippen LogP contribution in [0.1, 0.15) is 0 Å². The second-order valence-electron chi connectivity index (χ2n) is 1.20. The summed E-state index contributed by atoms with van der Waals surface area (Å²) in [7, 11) is 1.53. The van der Waals surface area contributed by atoms with Crippen LogP contribution in [0.15, 0.2) is 0 Å². The SMILES string of the molecule is COOC(=O)PC(=O)OOC. The molecule has 0 aliphatic heterocycles. The number of rotatable bonds is 4. The molecule has 0 bridgehead atoms. The first-order chi connectivity index (χ1) is 5.20. The molecule has 11 heavy (non-hydrogen) atoms. The van der Waals surface area contributed by atoms with Crippen LogP contribution < -0.4 is 0 Å². The highest BCUT2D eigenvalue weighted by atomic mass is 31.1. The zero-order valence-corrected chi connectivity index (χ0v) is 6.95. The Hall–Kier alpha value is -0.710. The summed E-state index contributed by atoms with van der Waals surface area (Å²) in [6.07, 6.45) is 0. The molecule has 0 saturated carbocycles. The molecule has 0 atom stereocenters. The van der Waals surface area contributed by atoms with E-state index in [1.807, 2.05) is 0 Å². The molecule has 0 aromatic carbocycles. The molecule has 0 N–H and O–H groups in total. The second kappa shape index (κ2) is 6.03. The Bertz CT molecular complexity index is 130. The van der Waals surface area contributed by atoms with Crippen LogP contribution in [0.5, 0.6) is 0 Å². The van der Waals surface area contributed by atoms with E-state index in [1.165, 1.54) is 0 Å². The second-order valence-corrected chi connectivity index (χ2v) is 2.27. The minimum Gasteiger partial charge on any atom is -0.294 e. The lowest BCUT2D eigenvalue weighted by atomic mass is 11.5. The molecule has 0 aliphatic carbocycles. The summed E-state index contributed by atoms with van der Waals surface area (Å²) in [6, 6.07) is 0. The fourth-order valence-electron chi connectivity index (χ4n) is 0.276. The van der Waals surface area contributed by atoms with Crippen molar-refractivity contribution >= 4 is 20.0 Å². The van der Waals surface area contributed by atoms with Gasteiger partial charge in [-0.1, -0.05) is 0 Å². The number of hydrogen-bond donors (Lipinski definition) is 0. The van der Waals surface area contributed by atoms with Crippen molar-refractivity contribution in [2.45, 2.75) is 0 Å². The van der Waals surface area contributed by atoms with Crippen molar-refractivity contribution in [1.29, 1.82) is 0 Å². The van der Waals surface area contributed by atoms with Crippen LogP contribution in [0.3, 0.4) is 0 Å². The van der Waals surface area contributed by atoms with Crippen LogP contribution in [0.4, 0.5) is 9.59 Å². The number of carbonyl (C=O) groups excluding carboxylic acids is 2. The van der Waals surface area contributed by atoms with Gasteiger partial charge in [0, 0.05) is 0 Å². The topological polar surface area (TPSA) is 71.1 Å². The van der Waals surface area contributed by atoms with Gasteiger partial charge >= 0.3 is 11.4 Å². The maximum Gasteiger partial charge on any atom is 0.369 e. The molecular weight excluding hydrogens is 175 g/mol. The predicted molar refractivity (Wildman–Crippen MR) is 35.3 cm³/mol. The molecule has 0 saturated heterocycles. The minimum absolute atomic E-state index is 0.779. The van der Waals surface area contributed by atoms with Gasteiger partial charge in [0.15, 0.2) is 0 Å². The van der Waals surface area contributed by atoms with Gasteiger partial charge in [0.2, 0.25) is 0 Å². The summed E-state index contributed by atoms with van der Waals surface area (Å²) in [5.74, 6) is 0. The van der Waals surface area contributed by atoms with Crippen molar-refractivity contribution in [1.82, 2.24) is 0 Å². The molecule has 64 valence electrons. The summed E-state index contributed by atoms with van der Waals surface area (Å²) in [5.41, 5.74) is -1.62. The summed E-state index contributed by atoms with van der Waals surface area (Å²) < 4.78 is 0. The van der Waals surface area contributed by atoms with Gasteiger partial charge in [0.05, 0.1) is 14.2 Å². The zero-order valence-electron chi connectivity index (χ0n) is 5.95. The van der Waals surface area contributed by atoms with Crippen molar-refractivity contribution in [3.63, 3.8) is 0 Å². The molecule has 6 nitrogen and oxygen atoms in total. The van der Waals surface area contributed by atoms with Crippen LogP contribution in [-0.4, -0.2) is 25.6 Å². The highest BCUT2D eigenvalue weighted by molar-refractivity contribution is 7.72. The van der Waals surface area contributed by atoms with E-state index in [9.17, 15) is 9.59 Å². The van der Waals surface area contributed by atoms with Crippen molar-refractivity contribution in [2.24, 2.45) is 0 Å². The highest BCUT2D eigenvalue weighted by Crippen LogP contribution is 2.16. The standard InChI is InChI=1S/C4H7O6P/c1-7-9-3(5)11-4(6)10-8-2/h11H,1-2H3. The molecule has 0 amide bonds. The third kappa shape index (κ3) is 5.72. The summed E-state index contributed by atoms with van der Waals surface area (Å²) in [5, 5.41) is 0. The van der Waals surface area contributed by atoms with Crippen molar-refractivity contribution in [2.75, 3.05) is 14.2 Å². The van der Waals surface area contributed by atoms with E-state index in [-0.39, 0.29) is 0 Å².